The first-order valence-corrected chi connectivity index (χ1v) is 12.2. The molecule has 1 aromatic heterocycles. The van der Waals surface area contributed by atoms with Gasteiger partial charge in [-0.25, -0.2) is 4.98 Å². The number of pyridine rings is 1. The van der Waals surface area contributed by atoms with Crippen LogP contribution in [0.25, 0.3) is 21.7 Å². The Morgan fingerprint density at radius 2 is 1.38 bits per heavy atom. The van der Waals surface area contributed by atoms with Gasteiger partial charge in [-0.2, -0.15) is 0 Å². The lowest BCUT2D eigenvalue weighted by Gasteiger charge is -2.57. The van der Waals surface area contributed by atoms with Crippen LogP contribution in [0, 0.1) is 17.8 Å². The molecule has 4 aliphatic rings. The molecule has 1 atom stereocenters. The van der Waals surface area contributed by atoms with Crippen LogP contribution in [0.15, 0.2) is 72.8 Å². The standard InChI is InChI=1S/C30H29NO/c32-29(24-10-5-7-22-6-1-2-8-23(22)24)28-15-26(25-9-3-4-11-27(25)31-28)30-16-19-12-20(17-30)14-21(13-19)18-30/h1-11,15,19-21,29,32H,12-14,16-18H2. The first-order chi connectivity index (χ1) is 15.7. The number of rotatable bonds is 3. The number of nitrogens with zero attached hydrogens (tertiary/aromatic N) is 1. The van der Waals surface area contributed by atoms with Crippen molar-refractivity contribution in [1.29, 1.82) is 0 Å². The maximum Gasteiger partial charge on any atom is 0.122 e. The summed E-state index contributed by atoms with van der Waals surface area (Å²) in [5, 5.41) is 15.2. The molecule has 0 spiro atoms. The summed E-state index contributed by atoms with van der Waals surface area (Å²) in [5.41, 5.74) is 4.49. The van der Waals surface area contributed by atoms with E-state index in [1.165, 1.54) is 49.5 Å². The lowest BCUT2D eigenvalue weighted by molar-refractivity contribution is -0.00460. The molecule has 0 radical (unpaired) electrons. The minimum absolute atomic E-state index is 0.268. The molecule has 2 heteroatoms. The highest BCUT2D eigenvalue weighted by Crippen LogP contribution is 2.61. The molecule has 4 aromatic rings. The zero-order chi connectivity index (χ0) is 21.3. The Kier molecular flexibility index (Phi) is 4.05. The van der Waals surface area contributed by atoms with Gasteiger partial charge >= 0.3 is 0 Å². The van der Waals surface area contributed by atoms with E-state index >= 15 is 0 Å². The molecule has 2 nitrogen and oxygen atoms in total. The molecule has 0 saturated heterocycles. The third-order valence-corrected chi connectivity index (χ3v) is 8.74. The van der Waals surface area contributed by atoms with Crippen LogP contribution in [0.1, 0.15) is 61.4 Å². The number of aromatic nitrogens is 1. The average molecular weight is 420 g/mol. The average Bonchev–Trinajstić information content (AvgIpc) is 2.81. The smallest absolute Gasteiger partial charge is 0.122 e. The summed E-state index contributed by atoms with van der Waals surface area (Å²) in [4.78, 5) is 5.00. The van der Waals surface area contributed by atoms with Crippen molar-refractivity contribution in [2.24, 2.45) is 17.8 Å². The number of benzene rings is 3. The van der Waals surface area contributed by atoms with E-state index in [0.29, 0.717) is 0 Å². The Morgan fingerprint density at radius 1 is 0.750 bits per heavy atom. The van der Waals surface area contributed by atoms with Crippen molar-refractivity contribution in [2.45, 2.75) is 50.0 Å². The van der Waals surface area contributed by atoms with Gasteiger partial charge in [-0.05, 0) is 95.7 Å². The maximum atomic E-state index is 11.6. The zero-order valence-corrected chi connectivity index (χ0v) is 18.4. The van der Waals surface area contributed by atoms with Gasteiger partial charge in [0.05, 0.1) is 11.2 Å². The van der Waals surface area contributed by atoms with Gasteiger partial charge in [0.15, 0.2) is 0 Å². The SMILES string of the molecule is OC(c1cc(C23CC4CC(CC(C4)C2)C3)c2ccccc2n1)c1cccc2ccccc12. The van der Waals surface area contributed by atoms with E-state index in [9.17, 15) is 5.11 Å². The van der Waals surface area contributed by atoms with Crippen molar-refractivity contribution in [3.63, 3.8) is 0 Å². The number of aliphatic hydroxyl groups excluding tert-OH is 1. The summed E-state index contributed by atoms with van der Waals surface area (Å²) < 4.78 is 0. The van der Waals surface area contributed by atoms with Crippen LogP contribution < -0.4 is 0 Å². The molecule has 1 N–H and O–H groups in total. The van der Waals surface area contributed by atoms with E-state index in [1.807, 2.05) is 18.2 Å². The van der Waals surface area contributed by atoms with Gasteiger partial charge in [0.25, 0.3) is 0 Å². The summed E-state index contributed by atoms with van der Waals surface area (Å²) in [6, 6.07) is 25.4. The zero-order valence-electron chi connectivity index (χ0n) is 18.4. The molecule has 1 unspecified atom stereocenters. The van der Waals surface area contributed by atoms with Crippen molar-refractivity contribution >= 4 is 21.7 Å². The fraction of sp³-hybridized carbons (Fsp3) is 0.367. The van der Waals surface area contributed by atoms with Gasteiger partial charge in [-0.3, -0.25) is 0 Å². The van der Waals surface area contributed by atoms with Gasteiger partial charge in [0, 0.05) is 5.39 Å². The summed E-state index contributed by atoms with van der Waals surface area (Å²) in [7, 11) is 0. The van der Waals surface area contributed by atoms with E-state index in [0.717, 1.165) is 45.3 Å². The first-order valence-electron chi connectivity index (χ1n) is 12.2. The normalized spacial score (nSPS) is 29.6. The molecule has 4 aliphatic carbocycles. The van der Waals surface area contributed by atoms with Crippen LogP contribution in [0.4, 0.5) is 0 Å². The van der Waals surface area contributed by atoms with Crippen LogP contribution in [-0.4, -0.2) is 10.1 Å². The monoisotopic (exact) mass is 419 g/mol. The van der Waals surface area contributed by atoms with Crippen molar-refractivity contribution < 1.29 is 5.11 Å². The summed E-state index contributed by atoms with van der Waals surface area (Å²) in [5.74, 6) is 2.67. The van der Waals surface area contributed by atoms with E-state index in [-0.39, 0.29) is 5.41 Å². The third kappa shape index (κ3) is 2.79. The number of para-hydroxylation sites is 1. The summed E-state index contributed by atoms with van der Waals surface area (Å²) in [6.45, 7) is 0. The Morgan fingerprint density at radius 3 is 2.12 bits per heavy atom. The lowest BCUT2D eigenvalue weighted by Crippen LogP contribution is -2.48. The minimum Gasteiger partial charge on any atom is -0.382 e. The fourth-order valence-corrected chi connectivity index (χ4v) is 7.86. The highest BCUT2D eigenvalue weighted by molar-refractivity contribution is 5.87. The number of fused-ring (bicyclic) bond motifs is 2. The van der Waals surface area contributed by atoms with Crippen molar-refractivity contribution in [3.8, 4) is 0 Å². The molecule has 1 heterocycles. The topological polar surface area (TPSA) is 33.1 Å². The predicted molar refractivity (Wildman–Crippen MR) is 130 cm³/mol. The Bertz CT molecular complexity index is 1300. The van der Waals surface area contributed by atoms with Crippen LogP contribution in [0.5, 0.6) is 0 Å². The maximum absolute atomic E-state index is 11.6. The Hall–Kier alpha value is -2.71. The molecular weight excluding hydrogens is 390 g/mol. The lowest BCUT2D eigenvalue weighted by atomic mass is 9.48. The number of hydrogen-bond donors (Lipinski definition) is 1. The van der Waals surface area contributed by atoms with Crippen LogP contribution >= 0.6 is 0 Å². The molecule has 8 rings (SSSR count). The molecule has 160 valence electrons. The predicted octanol–water partition coefficient (Wildman–Crippen LogP) is 6.94. The molecule has 3 aromatic carbocycles. The summed E-state index contributed by atoms with van der Waals surface area (Å²) >= 11 is 0. The highest BCUT2D eigenvalue weighted by Gasteiger charge is 2.52. The second-order valence-electron chi connectivity index (χ2n) is 10.8. The highest BCUT2D eigenvalue weighted by atomic mass is 16.3. The molecule has 4 saturated carbocycles. The Labute approximate surface area is 189 Å². The van der Waals surface area contributed by atoms with Crippen molar-refractivity contribution in [2.75, 3.05) is 0 Å². The van der Waals surface area contributed by atoms with Crippen molar-refractivity contribution in [1.82, 2.24) is 4.98 Å². The van der Waals surface area contributed by atoms with E-state index in [1.54, 1.807) is 0 Å². The fourth-order valence-electron chi connectivity index (χ4n) is 7.86. The van der Waals surface area contributed by atoms with Crippen LogP contribution in [-0.2, 0) is 5.41 Å². The third-order valence-electron chi connectivity index (χ3n) is 8.74. The summed E-state index contributed by atoms with van der Waals surface area (Å²) in [6.07, 6.45) is 7.54. The minimum atomic E-state index is -0.724. The molecule has 4 fully saturated rings. The molecular formula is C30H29NO. The molecule has 4 bridgehead atoms. The Balaban J connectivity index is 1.41. The van der Waals surface area contributed by atoms with Crippen LogP contribution in [0.3, 0.4) is 0 Å². The molecule has 32 heavy (non-hydrogen) atoms. The van der Waals surface area contributed by atoms with E-state index in [4.69, 9.17) is 4.98 Å². The van der Waals surface area contributed by atoms with Gasteiger partial charge in [0.1, 0.15) is 6.10 Å². The van der Waals surface area contributed by atoms with Crippen LogP contribution in [0.2, 0.25) is 0 Å². The largest absolute Gasteiger partial charge is 0.382 e. The molecule has 0 aliphatic heterocycles. The second-order valence-corrected chi connectivity index (χ2v) is 10.8. The van der Waals surface area contributed by atoms with Gasteiger partial charge in [-0.15, -0.1) is 0 Å². The van der Waals surface area contributed by atoms with E-state index in [2.05, 4.69) is 54.6 Å². The number of hydrogen-bond acceptors (Lipinski definition) is 2. The van der Waals surface area contributed by atoms with Crippen molar-refractivity contribution in [3.05, 3.63) is 89.6 Å². The van der Waals surface area contributed by atoms with Gasteiger partial charge in [-0.1, -0.05) is 60.7 Å². The quantitative estimate of drug-likeness (QED) is 0.390. The first kappa shape index (κ1) is 18.8. The molecule has 0 amide bonds. The van der Waals surface area contributed by atoms with Gasteiger partial charge < -0.3 is 5.11 Å². The van der Waals surface area contributed by atoms with E-state index < -0.39 is 6.10 Å². The second kappa shape index (κ2) is 6.89. The van der Waals surface area contributed by atoms with Gasteiger partial charge in [0.2, 0.25) is 0 Å². The number of aliphatic hydroxyl groups is 1.